The van der Waals surface area contributed by atoms with E-state index in [2.05, 4.69) is 39.8 Å². The smallest absolute Gasteiger partial charge is 0.161 e. The van der Waals surface area contributed by atoms with Crippen LogP contribution in [0.3, 0.4) is 0 Å². The maximum absolute atomic E-state index is 5.91. The lowest BCUT2D eigenvalue weighted by atomic mass is 10.1. The Morgan fingerprint density at radius 2 is 1.38 bits per heavy atom. The highest BCUT2D eigenvalue weighted by atomic mass is 16.5. The zero-order chi connectivity index (χ0) is 17.5. The van der Waals surface area contributed by atoms with Gasteiger partial charge in [-0.3, -0.25) is 0 Å². The van der Waals surface area contributed by atoms with E-state index in [-0.39, 0.29) is 0 Å². The molecule has 0 saturated heterocycles. The molecule has 0 atom stereocenters. The van der Waals surface area contributed by atoms with Crippen LogP contribution in [0, 0.1) is 11.8 Å². The number of methoxy groups -OCH3 is 1. The Bertz CT molecular complexity index is 647. The molecule has 0 aliphatic carbocycles. The average molecular weight is 330 g/mol. The van der Waals surface area contributed by atoms with Gasteiger partial charge in [0.05, 0.1) is 20.3 Å². The molecule has 0 aliphatic heterocycles. The highest BCUT2D eigenvalue weighted by Crippen LogP contribution is 2.34. The van der Waals surface area contributed by atoms with Gasteiger partial charge < -0.3 is 14.2 Å². The topological polar surface area (TPSA) is 27.7 Å². The molecule has 0 heterocycles. The fraction of sp³-hybridized carbons (Fsp3) is 0.524. The van der Waals surface area contributed by atoms with Crippen LogP contribution in [-0.2, 0) is 0 Å². The molecule has 0 radical (unpaired) electrons. The SMILES string of the molecule is COc1cc2cc(OCCC(C)C)ccc2cc1OCCC(C)C. The van der Waals surface area contributed by atoms with E-state index in [1.807, 2.05) is 18.2 Å². The summed E-state index contributed by atoms with van der Waals surface area (Å²) in [7, 11) is 1.68. The minimum absolute atomic E-state index is 0.627. The third kappa shape index (κ3) is 5.33. The van der Waals surface area contributed by atoms with E-state index in [4.69, 9.17) is 14.2 Å². The van der Waals surface area contributed by atoms with E-state index in [0.29, 0.717) is 18.4 Å². The van der Waals surface area contributed by atoms with Gasteiger partial charge in [-0.1, -0.05) is 33.8 Å². The zero-order valence-electron chi connectivity index (χ0n) is 15.6. The molecule has 132 valence electrons. The molecule has 3 heteroatoms. The Morgan fingerprint density at radius 3 is 2.00 bits per heavy atom. The van der Waals surface area contributed by atoms with Gasteiger partial charge in [-0.05, 0) is 59.7 Å². The van der Waals surface area contributed by atoms with E-state index in [0.717, 1.165) is 47.5 Å². The molecule has 0 N–H and O–H groups in total. The van der Waals surface area contributed by atoms with Crippen molar-refractivity contribution in [2.75, 3.05) is 20.3 Å². The van der Waals surface area contributed by atoms with Crippen molar-refractivity contribution in [3.63, 3.8) is 0 Å². The fourth-order valence-electron chi connectivity index (χ4n) is 2.41. The Hall–Kier alpha value is -1.90. The van der Waals surface area contributed by atoms with E-state index in [1.54, 1.807) is 7.11 Å². The second-order valence-corrected chi connectivity index (χ2v) is 7.07. The van der Waals surface area contributed by atoms with Crippen molar-refractivity contribution in [2.24, 2.45) is 11.8 Å². The number of ether oxygens (including phenoxy) is 3. The average Bonchev–Trinajstić information content (AvgIpc) is 2.53. The monoisotopic (exact) mass is 330 g/mol. The van der Waals surface area contributed by atoms with Crippen molar-refractivity contribution in [1.29, 1.82) is 0 Å². The lowest BCUT2D eigenvalue weighted by Gasteiger charge is -2.14. The van der Waals surface area contributed by atoms with Crippen LogP contribution in [0.2, 0.25) is 0 Å². The third-order valence-corrected chi connectivity index (χ3v) is 4.01. The number of hydrogen-bond acceptors (Lipinski definition) is 3. The lowest BCUT2D eigenvalue weighted by molar-refractivity contribution is 0.273. The largest absolute Gasteiger partial charge is 0.494 e. The number of benzene rings is 2. The van der Waals surface area contributed by atoms with E-state index in [9.17, 15) is 0 Å². The van der Waals surface area contributed by atoms with Crippen LogP contribution >= 0.6 is 0 Å². The first kappa shape index (κ1) is 18.4. The number of rotatable bonds is 9. The summed E-state index contributed by atoms with van der Waals surface area (Å²) in [5.74, 6) is 3.75. The zero-order valence-corrected chi connectivity index (χ0v) is 15.6. The van der Waals surface area contributed by atoms with Crippen molar-refractivity contribution in [3.05, 3.63) is 30.3 Å². The molecule has 0 saturated carbocycles. The first-order valence-electron chi connectivity index (χ1n) is 8.87. The molecule has 0 spiro atoms. The summed E-state index contributed by atoms with van der Waals surface area (Å²) in [5, 5.41) is 2.23. The molecule has 2 rings (SSSR count). The van der Waals surface area contributed by atoms with Crippen molar-refractivity contribution < 1.29 is 14.2 Å². The van der Waals surface area contributed by atoms with Gasteiger partial charge in [-0.2, -0.15) is 0 Å². The van der Waals surface area contributed by atoms with E-state index >= 15 is 0 Å². The van der Waals surface area contributed by atoms with Crippen LogP contribution in [0.1, 0.15) is 40.5 Å². The van der Waals surface area contributed by atoms with Crippen LogP contribution in [0.25, 0.3) is 10.8 Å². The summed E-state index contributed by atoms with van der Waals surface area (Å²) >= 11 is 0. The van der Waals surface area contributed by atoms with Crippen LogP contribution in [-0.4, -0.2) is 20.3 Å². The fourth-order valence-corrected chi connectivity index (χ4v) is 2.41. The van der Waals surface area contributed by atoms with Gasteiger partial charge in [-0.15, -0.1) is 0 Å². The van der Waals surface area contributed by atoms with Gasteiger partial charge in [-0.25, -0.2) is 0 Å². The normalized spacial score (nSPS) is 11.3. The predicted molar refractivity (Wildman–Crippen MR) is 100 cm³/mol. The first-order valence-corrected chi connectivity index (χ1v) is 8.87. The molecule has 0 aliphatic rings. The quantitative estimate of drug-likeness (QED) is 0.590. The first-order chi connectivity index (χ1) is 11.5. The van der Waals surface area contributed by atoms with Gasteiger partial charge in [0, 0.05) is 0 Å². The van der Waals surface area contributed by atoms with Gasteiger partial charge in [0.25, 0.3) is 0 Å². The minimum atomic E-state index is 0.627. The predicted octanol–water partition coefficient (Wildman–Crippen LogP) is 5.70. The summed E-state index contributed by atoms with van der Waals surface area (Å²) in [5.41, 5.74) is 0. The summed E-state index contributed by atoms with van der Waals surface area (Å²) < 4.78 is 17.3. The number of fused-ring (bicyclic) bond motifs is 1. The summed E-state index contributed by atoms with van der Waals surface area (Å²) in [6.45, 7) is 10.3. The van der Waals surface area contributed by atoms with Crippen molar-refractivity contribution in [2.45, 2.75) is 40.5 Å². The molecule has 0 aromatic heterocycles. The van der Waals surface area contributed by atoms with Crippen LogP contribution < -0.4 is 14.2 Å². The molecule has 0 fully saturated rings. The third-order valence-electron chi connectivity index (χ3n) is 4.01. The Morgan fingerprint density at radius 1 is 0.750 bits per heavy atom. The van der Waals surface area contributed by atoms with E-state index in [1.165, 1.54) is 0 Å². The maximum atomic E-state index is 5.91. The highest BCUT2D eigenvalue weighted by molar-refractivity contribution is 5.87. The lowest BCUT2D eigenvalue weighted by Crippen LogP contribution is -2.03. The molecule has 0 amide bonds. The van der Waals surface area contributed by atoms with Crippen LogP contribution in [0.5, 0.6) is 17.2 Å². The Kier molecular flexibility index (Phi) is 6.77. The highest BCUT2D eigenvalue weighted by Gasteiger charge is 2.08. The second-order valence-electron chi connectivity index (χ2n) is 7.07. The Balaban J connectivity index is 2.14. The molecule has 0 unspecified atom stereocenters. The van der Waals surface area contributed by atoms with Crippen LogP contribution in [0.15, 0.2) is 30.3 Å². The maximum Gasteiger partial charge on any atom is 0.161 e. The molecular weight excluding hydrogens is 300 g/mol. The van der Waals surface area contributed by atoms with Gasteiger partial charge in [0.15, 0.2) is 11.5 Å². The minimum Gasteiger partial charge on any atom is -0.494 e. The van der Waals surface area contributed by atoms with Crippen molar-refractivity contribution in [3.8, 4) is 17.2 Å². The van der Waals surface area contributed by atoms with Crippen molar-refractivity contribution in [1.82, 2.24) is 0 Å². The molecule has 24 heavy (non-hydrogen) atoms. The summed E-state index contributed by atoms with van der Waals surface area (Å²) in [6, 6.07) is 10.2. The second kappa shape index (κ2) is 8.81. The van der Waals surface area contributed by atoms with Gasteiger partial charge in [0.1, 0.15) is 5.75 Å². The van der Waals surface area contributed by atoms with Crippen LogP contribution in [0.4, 0.5) is 0 Å². The molecule has 2 aromatic rings. The van der Waals surface area contributed by atoms with Crippen molar-refractivity contribution >= 4 is 10.8 Å². The van der Waals surface area contributed by atoms with Gasteiger partial charge >= 0.3 is 0 Å². The number of hydrogen-bond donors (Lipinski definition) is 0. The molecule has 0 bridgehead atoms. The molecular formula is C21H30O3. The Labute approximate surface area is 145 Å². The molecule has 2 aromatic carbocycles. The van der Waals surface area contributed by atoms with Gasteiger partial charge in [0.2, 0.25) is 0 Å². The standard InChI is InChI=1S/C21H30O3/c1-15(2)8-10-23-19-7-6-17-13-21(24-11-9-16(3)4)20(22-5)14-18(17)12-19/h6-7,12-16H,8-11H2,1-5H3. The summed E-state index contributed by atoms with van der Waals surface area (Å²) in [6.07, 6.45) is 2.09. The van der Waals surface area contributed by atoms with E-state index < -0.39 is 0 Å². The molecule has 3 nitrogen and oxygen atoms in total. The summed E-state index contributed by atoms with van der Waals surface area (Å²) in [4.78, 5) is 0.